The number of benzene rings is 1. The van der Waals surface area contributed by atoms with Gasteiger partial charge in [0.05, 0.1) is 16.8 Å². The second-order valence-corrected chi connectivity index (χ2v) is 7.75. The van der Waals surface area contributed by atoms with Crippen LogP contribution in [0.15, 0.2) is 47.4 Å². The second kappa shape index (κ2) is 9.09. The number of fused-ring (bicyclic) bond motifs is 1. The maximum absolute atomic E-state index is 12.8. The quantitative estimate of drug-likeness (QED) is 0.546. The fourth-order valence-electron chi connectivity index (χ4n) is 3.64. The molecule has 0 radical (unpaired) electrons. The highest BCUT2D eigenvalue weighted by molar-refractivity contribution is 5.56. The summed E-state index contributed by atoms with van der Waals surface area (Å²) < 4.78 is 80.7. The number of H-pyrrole nitrogens is 1. The SMILES string of the molecule is O=c1[nH]c(-c2ccc(C(F)(F)F)cc2)nc2c1CN(Cc1cccnc1OCC(F)(F)F)CC2. The molecule has 4 rings (SSSR count). The molecule has 0 amide bonds. The van der Waals surface area contributed by atoms with Crippen molar-refractivity contribution in [2.24, 2.45) is 0 Å². The van der Waals surface area contributed by atoms with E-state index in [0.717, 1.165) is 12.1 Å². The lowest BCUT2D eigenvalue weighted by Crippen LogP contribution is -2.35. The third-order valence-electron chi connectivity index (χ3n) is 5.25. The molecule has 0 saturated carbocycles. The van der Waals surface area contributed by atoms with Crippen LogP contribution in [0.1, 0.15) is 22.4 Å². The summed E-state index contributed by atoms with van der Waals surface area (Å²) in [6, 6.07) is 7.51. The van der Waals surface area contributed by atoms with Gasteiger partial charge in [0.25, 0.3) is 5.56 Å². The van der Waals surface area contributed by atoms with Gasteiger partial charge in [-0.25, -0.2) is 9.97 Å². The first kappa shape index (κ1) is 23.7. The Morgan fingerprint density at radius 1 is 1.06 bits per heavy atom. The van der Waals surface area contributed by atoms with Crippen LogP contribution < -0.4 is 10.3 Å². The van der Waals surface area contributed by atoms with E-state index in [1.807, 2.05) is 4.90 Å². The van der Waals surface area contributed by atoms with Crippen LogP contribution in [-0.2, 0) is 25.7 Å². The molecule has 0 unspecified atom stereocenters. The molecule has 0 saturated heterocycles. The van der Waals surface area contributed by atoms with Crippen molar-refractivity contribution in [3.05, 3.63) is 75.3 Å². The van der Waals surface area contributed by atoms with Crippen molar-refractivity contribution in [2.45, 2.75) is 31.9 Å². The van der Waals surface area contributed by atoms with E-state index in [2.05, 4.69) is 15.0 Å². The fourth-order valence-corrected chi connectivity index (χ4v) is 3.64. The molecule has 1 aliphatic rings. The Kier molecular flexibility index (Phi) is 6.34. The zero-order chi connectivity index (χ0) is 24.5. The predicted molar refractivity (Wildman–Crippen MR) is 109 cm³/mol. The van der Waals surface area contributed by atoms with Gasteiger partial charge in [0, 0.05) is 43.4 Å². The van der Waals surface area contributed by atoms with Crippen LogP contribution in [0.2, 0.25) is 0 Å². The van der Waals surface area contributed by atoms with Crippen LogP contribution in [0.5, 0.6) is 5.88 Å². The fraction of sp³-hybridized carbons (Fsp3) is 0.318. The van der Waals surface area contributed by atoms with Gasteiger partial charge in [-0.3, -0.25) is 9.69 Å². The normalized spacial score (nSPS) is 14.6. The molecule has 0 fully saturated rings. The van der Waals surface area contributed by atoms with E-state index in [1.165, 1.54) is 18.3 Å². The number of nitrogens with one attached hydrogen (secondary N) is 1. The molecule has 1 aliphatic heterocycles. The van der Waals surface area contributed by atoms with Crippen LogP contribution >= 0.6 is 0 Å². The van der Waals surface area contributed by atoms with Crippen molar-refractivity contribution in [3.63, 3.8) is 0 Å². The summed E-state index contributed by atoms with van der Waals surface area (Å²) >= 11 is 0. The number of ether oxygens (including phenoxy) is 1. The molecule has 1 N–H and O–H groups in total. The Morgan fingerprint density at radius 2 is 1.79 bits per heavy atom. The smallest absolute Gasteiger partial charge is 0.422 e. The third-order valence-corrected chi connectivity index (χ3v) is 5.25. The Hall–Kier alpha value is -3.41. The largest absolute Gasteiger partial charge is 0.468 e. The van der Waals surface area contributed by atoms with Crippen LogP contribution in [0.4, 0.5) is 26.3 Å². The van der Waals surface area contributed by atoms with E-state index in [0.29, 0.717) is 35.3 Å². The first-order valence-corrected chi connectivity index (χ1v) is 10.1. The highest BCUT2D eigenvalue weighted by Gasteiger charge is 2.31. The summed E-state index contributed by atoms with van der Waals surface area (Å²) in [5, 5.41) is 0. The first-order chi connectivity index (χ1) is 16.0. The molecule has 12 heteroatoms. The standard InChI is InChI=1S/C22H18F6N4O2/c23-21(24,25)12-34-20-14(2-1-8-29-20)10-32-9-7-17-16(11-32)19(33)31-18(30-17)13-3-5-15(6-4-13)22(26,27)28/h1-6,8H,7,9-12H2,(H,30,31,33). The van der Waals surface area contributed by atoms with E-state index in [1.54, 1.807) is 12.1 Å². The van der Waals surface area contributed by atoms with Crippen molar-refractivity contribution in [1.82, 2.24) is 19.9 Å². The molecule has 180 valence electrons. The average molecular weight is 484 g/mol. The average Bonchev–Trinajstić information content (AvgIpc) is 2.78. The lowest BCUT2D eigenvalue weighted by molar-refractivity contribution is -0.154. The number of hydrogen-bond donors (Lipinski definition) is 1. The van der Waals surface area contributed by atoms with Gasteiger partial charge in [-0.15, -0.1) is 0 Å². The summed E-state index contributed by atoms with van der Waals surface area (Å²) in [5.74, 6) is 0.0383. The summed E-state index contributed by atoms with van der Waals surface area (Å²) in [6.07, 6.45) is -7.25. The molecule has 3 heterocycles. The molecule has 0 bridgehead atoms. The Morgan fingerprint density at radius 3 is 2.47 bits per heavy atom. The topological polar surface area (TPSA) is 71.1 Å². The molecule has 0 atom stereocenters. The van der Waals surface area contributed by atoms with Crippen LogP contribution in [0.3, 0.4) is 0 Å². The lowest BCUT2D eigenvalue weighted by atomic mass is 10.1. The monoisotopic (exact) mass is 484 g/mol. The van der Waals surface area contributed by atoms with Gasteiger partial charge in [0.2, 0.25) is 5.88 Å². The number of halogens is 6. The van der Waals surface area contributed by atoms with Crippen LogP contribution in [0.25, 0.3) is 11.4 Å². The molecule has 2 aromatic heterocycles. The van der Waals surface area contributed by atoms with Crippen molar-refractivity contribution in [1.29, 1.82) is 0 Å². The van der Waals surface area contributed by atoms with Gasteiger partial charge in [0.15, 0.2) is 6.61 Å². The van der Waals surface area contributed by atoms with E-state index in [-0.39, 0.29) is 24.8 Å². The Bertz CT molecular complexity index is 1220. The minimum atomic E-state index is -4.50. The number of alkyl halides is 6. The highest BCUT2D eigenvalue weighted by atomic mass is 19.4. The van der Waals surface area contributed by atoms with Gasteiger partial charge in [-0.05, 0) is 18.2 Å². The number of hydrogen-bond acceptors (Lipinski definition) is 5. The number of nitrogens with zero attached hydrogens (tertiary/aromatic N) is 3. The predicted octanol–water partition coefficient (Wildman–Crippen LogP) is 4.35. The number of aromatic nitrogens is 3. The van der Waals surface area contributed by atoms with Crippen molar-refractivity contribution >= 4 is 0 Å². The zero-order valence-corrected chi connectivity index (χ0v) is 17.5. The molecule has 6 nitrogen and oxygen atoms in total. The summed E-state index contributed by atoms with van der Waals surface area (Å²) in [5.41, 5.74) is 0.474. The Balaban J connectivity index is 1.51. The molecule has 1 aromatic carbocycles. The zero-order valence-electron chi connectivity index (χ0n) is 17.5. The minimum absolute atomic E-state index is 0.129. The molecular formula is C22H18F6N4O2. The molecule has 3 aromatic rings. The van der Waals surface area contributed by atoms with E-state index in [4.69, 9.17) is 4.74 Å². The molecular weight excluding hydrogens is 466 g/mol. The van der Waals surface area contributed by atoms with Gasteiger partial charge in [0.1, 0.15) is 5.82 Å². The second-order valence-electron chi connectivity index (χ2n) is 7.75. The summed E-state index contributed by atoms with van der Waals surface area (Å²) in [6.45, 7) is -0.598. The van der Waals surface area contributed by atoms with Gasteiger partial charge in [-0.1, -0.05) is 18.2 Å². The maximum atomic E-state index is 12.8. The summed E-state index contributed by atoms with van der Waals surface area (Å²) in [4.78, 5) is 25.5. The van der Waals surface area contributed by atoms with Crippen molar-refractivity contribution < 1.29 is 31.1 Å². The van der Waals surface area contributed by atoms with Crippen molar-refractivity contribution in [3.8, 4) is 17.3 Å². The molecule has 34 heavy (non-hydrogen) atoms. The van der Waals surface area contributed by atoms with Crippen molar-refractivity contribution in [2.75, 3.05) is 13.2 Å². The van der Waals surface area contributed by atoms with Gasteiger partial charge < -0.3 is 9.72 Å². The maximum Gasteiger partial charge on any atom is 0.422 e. The van der Waals surface area contributed by atoms with Crippen LogP contribution in [-0.4, -0.2) is 39.2 Å². The lowest BCUT2D eigenvalue weighted by Gasteiger charge is -2.28. The van der Waals surface area contributed by atoms with E-state index in [9.17, 15) is 31.1 Å². The number of aromatic amines is 1. The minimum Gasteiger partial charge on any atom is -0.468 e. The van der Waals surface area contributed by atoms with Gasteiger partial charge >= 0.3 is 12.4 Å². The van der Waals surface area contributed by atoms with Gasteiger partial charge in [-0.2, -0.15) is 26.3 Å². The molecule has 0 aliphatic carbocycles. The highest BCUT2D eigenvalue weighted by Crippen LogP contribution is 2.30. The third kappa shape index (κ3) is 5.56. The van der Waals surface area contributed by atoms with E-state index < -0.39 is 30.1 Å². The first-order valence-electron chi connectivity index (χ1n) is 10.1. The van der Waals surface area contributed by atoms with E-state index >= 15 is 0 Å². The molecule has 0 spiro atoms. The van der Waals surface area contributed by atoms with Crippen LogP contribution in [0, 0.1) is 0 Å². The number of rotatable bonds is 5. The number of pyridine rings is 1. The Labute approximate surface area is 189 Å². The summed E-state index contributed by atoms with van der Waals surface area (Å²) in [7, 11) is 0.